The van der Waals surface area contributed by atoms with Gasteiger partial charge in [0, 0.05) is 51.3 Å². The standard InChI is InChI=1S/C31H44N6O5/c1-29(2,3)42-28(40)34-16-17-37(24(19-34)23-10-6-5-7-11-23)27(39)35-15-14-31(41,30(20-35)12-8-9-13-30)21-36-22-33-25(32-4)18-26(36)38/h5-7,10-11,18,22,24,32,41H,8-9,12-17,19-21H2,1-4H3/t24-,31+/m0/s1. The fourth-order valence-corrected chi connectivity index (χ4v) is 6.87. The van der Waals surface area contributed by atoms with Gasteiger partial charge in [-0.15, -0.1) is 0 Å². The van der Waals surface area contributed by atoms with Crippen molar-refractivity contribution < 1.29 is 19.4 Å². The summed E-state index contributed by atoms with van der Waals surface area (Å²) in [7, 11) is 1.71. The molecule has 3 aliphatic rings. The molecule has 3 amide bonds. The molecule has 11 heteroatoms. The number of urea groups is 1. The first-order valence-corrected chi connectivity index (χ1v) is 15.0. The first-order chi connectivity index (χ1) is 19.9. The van der Waals surface area contributed by atoms with Crippen molar-refractivity contribution in [2.45, 2.75) is 76.7 Å². The Morgan fingerprint density at radius 1 is 1.07 bits per heavy atom. The molecule has 2 aromatic rings. The van der Waals surface area contributed by atoms with Gasteiger partial charge in [-0.2, -0.15) is 0 Å². The van der Waals surface area contributed by atoms with Crippen molar-refractivity contribution in [2.75, 3.05) is 45.1 Å². The van der Waals surface area contributed by atoms with Gasteiger partial charge in [-0.3, -0.25) is 9.36 Å². The van der Waals surface area contributed by atoms with Gasteiger partial charge < -0.3 is 29.9 Å². The molecule has 2 saturated heterocycles. The predicted octanol–water partition coefficient (Wildman–Crippen LogP) is 3.70. The maximum absolute atomic E-state index is 14.2. The van der Waals surface area contributed by atoms with Crippen molar-refractivity contribution in [3.8, 4) is 0 Å². The third-order valence-electron chi connectivity index (χ3n) is 9.14. The summed E-state index contributed by atoms with van der Waals surface area (Å²) in [6.45, 7) is 7.59. The number of likely N-dealkylation sites (tertiary alicyclic amines) is 1. The second-order valence-electron chi connectivity index (χ2n) is 13.0. The van der Waals surface area contributed by atoms with Crippen LogP contribution in [0.15, 0.2) is 47.5 Å². The summed E-state index contributed by atoms with van der Waals surface area (Å²) >= 11 is 0. The van der Waals surface area contributed by atoms with Crippen LogP contribution in [0, 0.1) is 5.41 Å². The molecule has 1 spiro atoms. The van der Waals surface area contributed by atoms with Crippen LogP contribution < -0.4 is 10.9 Å². The number of nitrogens with zero attached hydrogens (tertiary/aromatic N) is 5. The van der Waals surface area contributed by atoms with E-state index in [9.17, 15) is 19.5 Å². The van der Waals surface area contributed by atoms with Crippen molar-refractivity contribution in [3.05, 3.63) is 58.6 Å². The fraction of sp³-hybridized carbons (Fsp3) is 0.613. The number of aromatic nitrogens is 2. The Balaban J connectivity index is 1.37. The lowest BCUT2D eigenvalue weighted by molar-refractivity contribution is -0.137. The molecule has 0 radical (unpaired) electrons. The minimum Gasteiger partial charge on any atom is -0.444 e. The van der Waals surface area contributed by atoms with Crippen molar-refractivity contribution in [1.29, 1.82) is 0 Å². The van der Waals surface area contributed by atoms with Crippen LogP contribution in [0.2, 0.25) is 0 Å². The van der Waals surface area contributed by atoms with Gasteiger partial charge in [0.25, 0.3) is 5.56 Å². The van der Waals surface area contributed by atoms with Crippen LogP contribution in [0.4, 0.5) is 15.4 Å². The van der Waals surface area contributed by atoms with E-state index in [4.69, 9.17) is 4.74 Å². The van der Waals surface area contributed by atoms with E-state index >= 15 is 0 Å². The molecule has 0 bridgehead atoms. The highest BCUT2D eigenvalue weighted by molar-refractivity contribution is 5.76. The van der Waals surface area contributed by atoms with Crippen molar-refractivity contribution in [1.82, 2.24) is 24.3 Å². The monoisotopic (exact) mass is 580 g/mol. The minimum atomic E-state index is -1.14. The lowest BCUT2D eigenvalue weighted by atomic mass is 9.66. The zero-order chi connectivity index (χ0) is 30.1. The SMILES string of the molecule is CNc1cc(=O)n(C[C@]2(O)CCN(C(=O)N3CCN(C(=O)OC(C)(C)C)C[C@H]3c3ccccc3)CC23CCCC3)cn1. The second kappa shape index (κ2) is 11.6. The summed E-state index contributed by atoms with van der Waals surface area (Å²) in [5, 5.41) is 15.0. The molecule has 1 aliphatic carbocycles. The molecular weight excluding hydrogens is 536 g/mol. The smallest absolute Gasteiger partial charge is 0.410 e. The van der Waals surface area contributed by atoms with Gasteiger partial charge >= 0.3 is 12.1 Å². The van der Waals surface area contributed by atoms with Crippen molar-refractivity contribution >= 4 is 17.9 Å². The Bertz CT molecular complexity index is 1340. The van der Waals surface area contributed by atoms with E-state index in [0.717, 1.165) is 31.2 Å². The van der Waals surface area contributed by atoms with E-state index < -0.39 is 16.6 Å². The number of rotatable bonds is 4. The fourth-order valence-electron chi connectivity index (χ4n) is 6.87. The maximum atomic E-state index is 14.2. The predicted molar refractivity (Wildman–Crippen MR) is 159 cm³/mol. The molecular formula is C31H44N6O5. The van der Waals surface area contributed by atoms with Crippen molar-refractivity contribution in [3.63, 3.8) is 0 Å². The molecule has 3 heterocycles. The lowest BCUT2D eigenvalue weighted by Gasteiger charge is -2.53. The van der Waals surface area contributed by atoms with Gasteiger partial charge in [0.1, 0.15) is 11.4 Å². The zero-order valence-electron chi connectivity index (χ0n) is 25.2. The van der Waals surface area contributed by atoms with Crippen LogP contribution in [0.1, 0.15) is 64.5 Å². The number of hydrogen-bond donors (Lipinski definition) is 2. The lowest BCUT2D eigenvalue weighted by Crippen LogP contribution is -2.64. The zero-order valence-corrected chi connectivity index (χ0v) is 25.2. The summed E-state index contributed by atoms with van der Waals surface area (Å²) in [6, 6.07) is 10.8. The number of piperazine rings is 1. The topological polar surface area (TPSA) is 120 Å². The molecule has 3 fully saturated rings. The van der Waals surface area contributed by atoms with Crippen molar-refractivity contribution in [2.24, 2.45) is 5.41 Å². The van der Waals surface area contributed by atoms with E-state index in [1.54, 1.807) is 11.9 Å². The normalized spacial score (nSPS) is 24.1. The average molecular weight is 581 g/mol. The highest BCUT2D eigenvalue weighted by atomic mass is 16.6. The molecule has 2 atom stereocenters. The third-order valence-corrected chi connectivity index (χ3v) is 9.14. The molecule has 2 N–H and O–H groups in total. The number of ether oxygens (including phenoxy) is 1. The molecule has 2 aliphatic heterocycles. The van der Waals surface area contributed by atoms with Gasteiger partial charge in [0.05, 0.1) is 24.5 Å². The molecule has 1 aromatic carbocycles. The number of aliphatic hydroxyl groups is 1. The van der Waals surface area contributed by atoms with Gasteiger partial charge in [-0.05, 0) is 45.6 Å². The number of benzene rings is 1. The first kappa shape index (κ1) is 29.9. The Morgan fingerprint density at radius 2 is 1.79 bits per heavy atom. The Morgan fingerprint density at radius 3 is 2.43 bits per heavy atom. The number of piperidine rings is 1. The third kappa shape index (κ3) is 5.97. The van der Waals surface area contributed by atoms with Crippen LogP contribution in [-0.4, -0.2) is 92.5 Å². The van der Waals surface area contributed by atoms with Gasteiger partial charge in [0.15, 0.2) is 0 Å². The Labute approximate surface area is 247 Å². The number of hydrogen-bond acceptors (Lipinski definition) is 7. The molecule has 1 aromatic heterocycles. The molecule has 11 nitrogen and oxygen atoms in total. The van der Waals surface area contributed by atoms with Gasteiger partial charge in [-0.25, -0.2) is 14.6 Å². The summed E-state index contributed by atoms with van der Waals surface area (Å²) in [5.41, 5.74) is -1.52. The molecule has 0 unspecified atom stereocenters. The second-order valence-corrected chi connectivity index (χ2v) is 13.0. The summed E-state index contributed by atoms with van der Waals surface area (Å²) < 4.78 is 7.13. The number of nitrogens with one attached hydrogen (secondary N) is 1. The highest BCUT2D eigenvalue weighted by Crippen LogP contribution is 2.52. The van der Waals surface area contributed by atoms with Gasteiger partial charge in [-0.1, -0.05) is 43.2 Å². The quantitative estimate of drug-likeness (QED) is 0.566. The molecule has 228 valence electrons. The molecule has 42 heavy (non-hydrogen) atoms. The average Bonchev–Trinajstić information content (AvgIpc) is 3.44. The van der Waals surface area contributed by atoms with E-state index in [2.05, 4.69) is 10.3 Å². The van der Waals surface area contributed by atoms with E-state index in [0.29, 0.717) is 45.0 Å². The van der Waals surface area contributed by atoms with Crippen LogP contribution in [0.25, 0.3) is 0 Å². The van der Waals surface area contributed by atoms with Gasteiger partial charge in [0.2, 0.25) is 0 Å². The van der Waals surface area contributed by atoms with E-state index in [1.165, 1.54) is 17.0 Å². The first-order valence-electron chi connectivity index (χ1n) is 15.0. The Kier molecular flexibility index (Phi) is 8.24. The summed E-state index contributed by atoms with van der Waals surface area (Å²) in [5.74, 6) is 0.485. The van der Waals surface area contributed by atoms with E-state index in [-0.39, 0.29) is 30.3 Å². The number of anilines is 1. The van der Waals surface area contributed by atoms with E-state index in [1.807, 2.05) is 60.9 Å². The number of amides is 3. The largest absolute Gasteiger partial charge is 0.444 e. The molecule has 1 saturated carbocycles. The summed E-state index contributed by atoms with van der Waals surface area (Å²) in [6.07, 6.45) is 5.00. The van der Waals surface area contributed by atoms with Crippen LogP contribution >= 0.6 is 0 Å². The number of carbonyl (C=O) groups excluding carboxylic acids is 2. The van der Waals surface area contributed by atoms with Crippen LogP contribution in [0.3, 0.4) is 0 Å². The van der Waals surface area contributed by atoms with Crippen LogP contribution in [0.5, 0.6) is 0 Å². The van der Waals surface area contributed by atoms with Crippen LogP contribution in [-0.2, 0) is 11.3 Å². The highest BCUT2D eigenvalue weighted by Gasteiger charge is 2.56. The minimum absolute atomic E-state index is 0.0850. The maximum Gasteiger partial charge on any atom is 0.410 e. The molecule has 5 rings (SSSR count). The Hall–Kier alpha value is -3.60. The summed E-state index contributed by atoms with van der Waals surface area (Å²) in [4.78, 5) is 49.7. The number of carbonyl (C=O) groups is 2.